The molecule has 0 aliphatic carbocycles. The van der Waals surface area contributed by atoms with Crippen LogP contribution in [-0.2, 0) is 13.1 Å². The van der Waals surface area contributed by atoms with Gasteiger partial charge in [0.2, 0.25) is 0 Å². The van der Waals surface area contributed by atoms with Crippen LogP contribution < -0.4 is 0 Å². The average molecular weight is 244 g/mol. The fraction of sp³-hybridized carbons (Fsp3) is 0.308. The third-order valence-electron chi connectivity index (χ3n) is 2.65. The second-order valence-corrected chi connectivity index (χ2v) is 3.91. The van der Waals surface area contributed by atoms with E-state index in [9.17, 15) is 4.79 Å². The molecule has 0 amide bonds. The highest BCUT2D eigenvalue weighted by Gasteiger charge is 2.04. The molecule has 0 saturated heterocycles. The molecule has 5 heteroatoms. The average Bonchev–Trinajstić information content (AvgIpc) is 3.04. The van der Waals surface area contributed by atoms with Crippen LogP contribution in [0.2, 0.25) is 0 Å². The number of aromatic nitrogens is 4. The molecule has 0 aromatic carbocycles. The first-order valence-electron chi connectivity index (χ1n) is 6.00. The first-order chi connectivity index (χ1) is 8.72. The predicted octanol–water partition coefficient (Wildman–Crippen LogP) is 2.02. The summed E-state index contributed by atoms with van der Waals surface area (Å²) in [5.41, 5.74) is 1.53. The summed E-state index contributed by atoms with van der Waals surface area (Å²) in [7, 11) is 0. The van der Waals surface area contributed by atoms with E-state index in [0.717, 1.165) is 18.7 Å². The van der Waals surface area contributed by atoms with Crippen molar-refractivity contribution in [2.75, 3.05) is 0 Å². The van der Waals surface area contributed by atoms with Crippen LogP contribution in [0.1, 0.15) is 29.8 Å². The van der Waals surface area contributed by atoms with Gasteiger partial charge in [-0.05, 0) is 26.0 Å². The van der Waals surface area contributed by atoms with Gasteiger partial charge in [-0.15, -0.1) is 0 Å². The minimum absolute atomic E-state index is 0.0426. The van der Waals surface area contributed by atoms with Gasteiger partial charge in [0.1, 0.15) is 0 Å². The number of carbonyl (C=O) groups is 1. The van der Waals surface area contributed by atoms with Crippen LogP contribution in [0.4, 0.5) is 0 Å². The normalized spacial score (nSPS) is 11.2. The molecule has 0 fully saturated rings. The van der Waals surface area contributed by atoms with E-state index in [1.165, 1.54) is 0 Å². The first-order valence-corrected chi connectivity index (χ1v) is 6.00. The topological polar surface area (TPSA) is 52.7 Å². The van der Waals surface area contributed by atoms with Gasteiger partial charge in [0.15, 0.2) is 5.78 Å². The third kappa shape index (κ3) is 2.74. The van der Waals surface area contributed by atoms with E-state index in [4.69, 9.17) is 0 Å². The number of ketones is 1. The monoisotopic (exact) mass is 244 g/mol. The number of nitrogens with zero attached hydrogens (tertiary/aromatic N) is 4. The van der Waals surface area contributed by atoms with Gasteiger partial charge in [0.25, 0.3) is 0 Å². The van der Waals surface area contributed by atoms with Gasteiger partial charge in [-0.2, -0.15) is 10.2 Å². The molecular formula is C13H16N4O. The van der Waals surface area contributed by atoms with Gasteiger partial charge in [0, 0.05) is 31.0 Å². The van der Waals surface area contributed by atoms with E-state index >= 15 is 0 Å². The van der Waals surface area contributed by atoms with Crippen molar-refractivity contribution < 1.29 is 4.79 Å². The minimum Gasteiger partial charge on any atom is -0.289 e. The Morgan fingerprint density at radius 1 is 1.17 bits per heavy atom. The van der Waals surface area contributed by atoms with Gasteiger partial charge in [-0.3, -0.25) is 14.2 Å². The van der Waals surface area contributed by atoms with Gasteiger partial charge in [-0.1, -0.05) is 0 Å². The maximum absolute atomic E-state index is 11.9. The molecule has 18 heavy (non-hydrogen) atoms. The summed E-state index contributed by atoms with van der Waals surface area (Å²) < 4.78 is 3.55. The summed E-state index contributed by atoms with van der Waals surface area (Å²) in [5.74, 6) is -0.0426. The Morgan fingerprint density at radius 2 is 1.83 bits per heavy atom. The molecule has 0 N–H and O–H groups in total. The van der Waals surface area contributed by atoms with Crippen molar-refractivity contribution in [1.29, 1.82) is 0 Å². The second kappa shape index (κ2) is 5.44. The SMILES string of the molecule is CCn1cc(/C=C/C(=O)c2cnn(CC)c2)cn1. The van der Waals surface area contributed by atoms with E-state index in [1.54, 1.807) is 35.4 Å². The zero-order valence-corrected chi connectivity index (χ0v) is 10.6. The molecule has 0 aliphatic rings. The molecule has 2 heterocycles. The molecule has 0 spiro atoms. The molecule has 2 aromatic heterocycles. The van der Waals surface area contributed by atoms with E-state index < -0.39 is 0 Å². The van der Waals surface area contributed by atoms with Crippen molar-refractivity contribution in [3.8, 4) is 0 Å². The predicted molar refractivity (Wildman–Crippen MR) is 69.2 cm³/mol. The Bertz CT molecular complexity index is 565. The van der Waals surface area contributed by atoms with Gasteiger partial charge >= 0.3 is 0 Å². The van der Waals surface area contributed by atoms with Crippen molar-refractivity contribution >= 4 is 11.9 Å². The third-order valence-corrected chi connectivity index (χ3v) is 2.65. The van der Waals surface area contributed by atoms with Crippen LogP contribution in [0, 0.1) is 0 Å². The number of aryl methyl sites for hydroxylation is 2. The molecule has 94 valence electrons. The van der Waals surface area contributed by atoms with Crippen LogP contribution in [0.5, 0.6) is 0 Å². The second-order valence-electron chi connectivity index (χ2n) is 3.91. The van der Waals surface area contributed by atoms with Crippen molar-refractivity contribution in [2.45, 2.75) is 26.9 Å². The number of allylic oxidation sites excluding steroid dienone is 1. The Kier molecular flexibility index (Phi) is 3.72. The van der Waals surface area contributed by atoms with E-state index in [-0.39, 0.29) is 5.78 Å². The fourth-order valence-corrected chi connectivity index (χ4v) is 1.57. The lowest BCUT2D eigenvalue weighted by atomic mass is 10.2. The van der Waals surface area contributed by atoms with Crippen molar-refractivity contribution in [1.82, 2.24) is 19.6 Å². The van der Waals surface area contributed by atoms with Crippen LogP contribution in [-0.4, -0.2) is 25.3 Å². The number of carbonyl (C=O) groups excluding carboxylic acids is 1. The number of hydrogen-bond donors (Lipinski definition) is 0. The molecule has 2 aromatic rings. The molecule has 2 rings (SSSR count). The Morgan fingerprint density at radius 3 is 2.44 bits per heavy atom. The molecule has 0 radical (unpaired) electrons. The highest BCUT2D eigenvalue weighted by atomic mass is 16.1. The maximum Gasteiger partial charge on any atom is 0.189 e. The van der Waals surface area contributed by atoms with Crippen LogP contribution in [0.15, 0.2) is 30.9 Å². The van der Waals surface area contributed by atoms with Gasteiger partial charge < -0.3 is 0 Å². The maximum atomic E-state index is 11.9. The summed E-state index contributed by atoms with van der Waals surface area (Å²) in [6, 6.07) is 0. The standard InChI is InChI=1S/C13H16N4O/c1-3-16-9-11(7-14-16)5-6-13(18)12-8-15-17(4-2)10-12/h5-10H,3-4H2,1-2H3/b6-5+. The number of rotatable bonds is 5. The van der Waals surface area contributed by atoms with Gasteiger partial charge in [0.05, 0.1) is 18.0 Å². The minimum atomic E-state index is -0.0426. The van der Waals surface area contributed by atoms with E-state index in [1.807, 2.05) is 24.7 Å². The lowest BCUT2D eigenvalue weighted by molar-refractivity contribution is 0.104. The van der Waals surface area contributed by atoms with Crippen LogP contribution in [0.3, 0.4) is 0 Å². The highest BCUT2D eigenvalue weighted by molar-refractivity contribution is 6.06. The smallest absolute Gasteiger partial charge is 0.189 e. The quantitative estimate of drug-likeness (QED) is 0.597. The van der Waals surface area contributed by atoms with E-state index in [0.29, 0.717) is 5.56 Å². The van der Waals surface area contributed by atoms with Crippen molar-refractivity contribution in [3.63, 3.8) is 0 Å². The lowest BCUT2D eigenvalue weighted by Gasteiger charge is -1.91. The number of hydrogen-bond acceptors (Lipinski definition) is 3. The summed E-state index contributed by atoms with van der Waals surface area (Å²) in [6.07, 6.45) is 10.3. The first kappa shape index (κ1) is 12.3. The molecule has 0 aliphatic heterocycles. The van der Waals surface area contributed by atoms with Crippen molar-refractivity contribution in [3.05, 3.63) is 42.0 Å². The Balaban J connectivity index is 2.06. The lowest BCUT2D eigenvalue weighted by Crippen LogP contribution is -1.94. The molecule has 0 bridgehead atoms. The largest absolute Gasteiger partial charge is 0.289 e. The summed E-state index contributed by atoms with van der Waals surface area (Å²) >= 11 is 0. The molecular weight excluding hydrogens is 228 g/mol. The van der Waals surface area contributed by atoms with Crippen LogP contribution in [0.25, 0.3) is 6.08 Å². The molecule has 0 atom stereocenters. The summed E-state index contributed by atoms with van der Waals surface area (Å²) in [6.45, 7) is 5.59. The van der Waals surface area contributed by atoms with Crippen molar-refractivity contribution in [2.24, 2.45) is 0 Å². The van der Waals surface area contributed by atoms with E-state index in [2.05, 4.69) is 10.2 Å². The highest BCUT2D eigenvalue weighted by Crippen LogP contribution is 2.05. The zero-order chi connectivity index (χ0) is 13.0. The fourth-order valence-electron chi connectivity index (χ4n) is 1.57. The summed E-state index contributed by atoms with van der Waals surface area (Å²) in [5, 5.41) is 8.21. The Hall–Kier alpha value is -2.17. The van der Waals surface area contributed by atoms with Crippen LogP contribution >= 0.6 is 0 Å². The Labute approximate surface area is 106 Å². The zero-order valence-electron chi connectivity index (χ0n) is 10.6. The molecule has 5 nitrogen and oxygen atoms in total. The van der Waals surface area contributed by atoms with Gasteiger partial charge in [-0.25, -0.2) is 0 Å². The molecule has 0 unspecified atom stereocenters. The summed E-state index contributed by atoms with van der Waals surface area (Å²) in [4.78, 5) is 11.9. The molecule has 0 saturated carbocycles.